The largest absolute Gasteiger partial charge is 0.457 e. The molecule has 0 saturated carbocycles. The van der Waals surface area contributed by atoms with Gasteiger partial charge in [0.1, 0.15) is 6.61 Å². The Kier molecular flexibility index (Phi) is 9.15. The minimum atomic E-state index is -0.281. The highest BCUT2D eigenvalue weighted by Gasteiger charge is 2.29. The lowest BCUT2D eigenvalue weighted by atomic mass is 9.96. The van der Waals surface area contributed by atoms with E-state index in [1.807, 2.05) is 72.8 Å². The van der Waals surface area contributed by atoms with Crippen LogP contribution in [0.4, 0.5) is 0 Å². The standard InChI is InChI=1S/C36H34ClNO2/c1-2-14-32-35(36(39)40-26-28-17-8-4-9-18-28)34(30-20-10-5-11-21-30)33(25-27-15-6-3-7-16-27)38(32)24-23-29-19-12-13-22-31(29)37/h3-13,15-22H,2,14,23-26H2,1H3. The molecule has 0 aliphatic carbocycles. The number of aromatic nitrogens is 1. The zero-order valence-electron chi connectivity index (χ0n) is 22.9. The van der Waals surface area contributed by atoms with Gasteiger partial charge in [-0.3, -0.25) is 0 Å². The van der Waals surface area contributed by atoms with Crippen molar-refractivity contribution in [3.05, 3.63) is 154 Å². The molecule has 0 aliphatic heterocycles. The van der Waals surface area contributed by atoms with Crippen molar-refractivity contribution in [1.29, 1.82) is 0 Å². The Morgan fingerprint density at radius 2 is 1.32 bits per heavy atom. The van der Waals surface area contributed by atoms with Crippen LogP contribution in [0.5, 0.6) is 0 Å². The summed E-state index contributed by atoms with van der Waals surface area (Å²) in [5.74, 6) is -0.281. The van der Waals surface area contributed by atoms with Crippen LogP contribution in [0.1, 0.15) is 51.8 Å². The third-order valence-electron chi connectivity index (χ3n) is 7.22. The molecule has 3 nitrogen and oxygen atoms in total. The van der Waals surface area contributed by atoms with Gasteiger partial charge in [0.05, 0.1) is 5.56 Å². The van der Waals surface area contributed by atoms with Crippen LogP contribution in [0.25, 0.3) is 11.1 Å². The van der Waals surface area contributed by atoms with E-state index in [1.165, 1.54) is 5.56 Å². The second-order valence-corrected chi connectivity index (χ2v) is 10.4. The number of esters is 1. The van der Waals surface area contributed by atoms with Gasteiger partial charge in [0.15, 0.2) is 0 Å². The quantitative estimate of drug-likeness (QED) is 0.154. The van der Waals surface area contributed by atoms with E-state index in [0.29, 0.717) is 18.5 Å². The highest BCUT2D eigenvalue weighted by molar-refractivity contribution is 6.31. The molecule has 4 heteroatoms. The molecule has 0 spiro atoms. The summed E-state index contributed by atoms with van der Waals surface area (Å²) in [6.07, 6.45) is 3.15. The molecular weight excluding hydrogens is 514 g/mol. The number of hydrogen-bond donors (Lipinski definition) is 0. The van der Waals surface area contributed by atoms with Gasteiger partial charge in [-0.25, -0.2) is 4.79 Å². The number of hydrogen-bond acceptors (Lipinski definition) is 2. The van der Waals surface area contributed by atoms with Gasteiger partial charge < -0.3 is 9.30 Å². The lowest BCUT2D eigenvalue weighted by Gasteiger charge is -2.15. The van der Waals surface area contributed by atoms with Gasteiger partial charge in [0, 0.05) is 34.9 Å². The second kappa shape index (κ2) is 13.3. The Morgan fingerprint density at radius 1 is 0.725 bits per heavy atom. The molecule has 0 unspecified atom stereocenters. The van der Waals surface area contributed by atoms with Gasteiger partial charge in [-0.1, -0.05) is 134 Å². The maximum absolute atomic E-state index is 14.0. The first-order valence-electron chi connectivity index (χ1n) is 13.9. The zero-order chi connectivity index (χ0) is 27.7. The monoisotopic (exact) mass is 547 g/mol. The van der Waals surface area contributed by atoms with E-state index in [9.17, 15) is 4.79 Å². The van der Waals surface area contributed by atoms with E-state index in [1.54, 1.807) is 0 Å². The highest BCUT2D eigenvalue weighted by atomic mass is 35.5. The lowest BCUT2D eigenvalue weighted by molar-refractivity contribution is 0.0472. The lowest BCUT2D eigenvalue weighted by Crippen LogP contribution is -2.13. The van der Waals surface area contributed by atoms with E-state index in [2.05, 4.69) is 54.0 Å². The molecule has 40 heavy (non-hydrogen) atoms. The Labute approximate surface area is 242 Å². The molecule has 0 amide bonds. The molecule has 1 heterocycles. The SMILES string of the molecule is CCCc1c(C(=O)OCc2ccccc2)c(-c2ccccc2)c(Cc2ccccc2)n1CCc1ccccc1Cl. The number of aryl methyl sites for hydroxylation is 1. The summed E-state index contributed by atoms with van der Waals surface area (Å²) in [7, 11) is 0. The number of carbonyl (C=O) groups is 1. The fourth-order valence-corrected chi connectivity index (χ4v) is 5.56. The van der Waals surface area contributed by atoms with Crippen LogP contribution in [0.2, 0.25) is 5.02 Å². The average molecular weight is 548 g/mol. The van der Waals surface area contributed by atoms with E-state index in [-0.39, 0.29) is 12.6 Å². The van der Waals surface area contributed by atoms with E-state index in [0.717, 1.165) is 57.9 Å². The fourth-order valence-electron chi connectivity index (χ4n) is 5.33. The number of benzene rings is 4. The first kappa shape index (κ1) is 27.5. The minimum absolute atomic E-state index is 0.234. The zero-order valence-corrected chi connectivity index (χ0v) is 23.6. The van der Waals surface area contributed by atoms with Crippen LogP contribution in [-0.4, -0.2) is 10.5 Å². The van der Waals surface area contributed by atoms with Crippen molar-refractivity contribution in [1.82, 2.24) is 4.57 Å². The highest BCUT2D eigenvalue weighted by Crippen LogP contribution is 2.36. The second-order valence-electron chi connectivity index (χ2n) is 9.98. The van der Waals surface area contributed by atoms with Gasteiger partial charge in [-0.05, 0) is 41.2 Å². The molecule has 5 rings (SSSR count). The molecule has 0 atom stereocenters. The van der Waals surface area contributed by atoms with Crippen LogP contribution in [0.3, 0.4) is 0 Å². The summed E-state index contributed by atoms with van der Waals surface area (Å²) in [5, 5.41) is 0.766. The number of halogens is 1. The average Bonchev–Trinajstić information content (AvgIpc) is 3.29. The minimum Gasteiger partial charge on any atom is -0.457 e. The third kappa shape index (κ3) is 6.38. The molecule has 0 N–H and O–H groups in total. The van der Waals surface area contributed by atoms with Crippen LogP contribution in [0.15, 0.2) is 115 Å². The van der Waals surface area contributed by atoms with Gasteiger partial charge in [-0.15, -0.1) is 0 Å². The first-order chi connectivity index (χ1) is 19.7. The van der Waals surface area contributed by atoms with Crippen LogP contribution in [0, 0.1) is 0 Å². The van der Waals surface area contributed by atoms with Crippen molar-refractivity contribution in [2.45, 2.75) is 45.8 Å². The van der Waals surface area contributed by atoms with E-state index < -0.39 is 0 Å². The van der Waals surface area contributed by atoms with Crippen LogP contribution < -0.4 is 0 Å². The number of ether oxygens (including phenoxy) is 1. The Hall–Kier alpha value is -4.08. The predicted molar refractivity (Wildman–Crippen MR) is 164 cm³/mol. The summed E-state index contributed by atoms with van der Waals surface area (Å²) in [6.45, 7) is 3.11. The molecule has 0 bridgehead atoms. The summed E-state index contributed by atoms with van der Waals surface area (Å²) in [6, 6.07) is 38.6. The number of rotatable bonds is 11. The summed E-state index contributed by atoms with van der Waals surface area (Å²) >= 11 is 6.56. The van der Waals surface area contributed by atoms with Crippen molar-refractivity contribution in [2.75, 3.05) is 0 Å². The van der Waals surface area contributed by atoms with E-state index in [4.69, 9.17) is 16.3 Å². The van der Waals surface area contributed by atoms with Crippen molar-refractivity contribution in [2.24, 2.45) is 0 Å². The van der Waals surface area contributed by atoms with Crippen LogP contribution >= 0.6 is 11.6 Å². The van der Waals surface area contributed by atoms with Gasteiger partial charge in [0.2, 0.25) is 0 Å². The first-order valence-corrected chi connectivity index (χ1v) is 14.3. The van der Waals surface area contributed by atoms with Crippen molar-refractivity contribution < 1.29 is 9.53 Å². The number of nitrogens with zero attached hydrogens (tertiary/aromatic N) is 1. The topological polar surface area (TPSA) is 31.2 Å². The molecule has 0 saturated heterocycles. The third-order valence-corrected chi connectivity index (χ3v) is 7.59. The molecule has 5 aromatic rings. The molecule has 0 aliphatic rings. The molecule has 202 valence electrons. The molecule has 4 aromatic carbocycles. The Balaban J connectivity index is 1.65. The maximum atomic E-state index is 14.0. The van der Waals surface area contributed by atoms with Gasteiger partial charge in [-0.2, -0.15) is 0 Å². The smallest absolute Gasteiger partial charge is 0.340 e. The summed E-state index contributed by atoms with van der Waals surface area (Å²) in [5.41, 5.74) is 8.07. The number of carbonyl (C=O) groups excluding carboxylic acids is 1. The maximum Gasteiger partial charge on any atom is 0.340 e. The predicted octanol–water partition coefficient (Wildman–Crippen LogP) is 8.95. The summed E-state index contributed by atoms with van der Waals surface area (Å²) < 4.78 is 8.35. The fraction of sp³-hybridized carbons (Fsp3) is 0.194. The Bertz CT molecular complexity index is 1540. The molecule has 0 radical (unpaired) electrons. The van der Waals surface area contributed by atoms with E-state index >= 15 is 0 Å². The van der Waals surface area contributed by atoms with Crippen LogP contribution in [-0.2, 0) is 37.2 Å². The molecule has 0 fully saturated rings. The molecule has 1 aromatic heterocycles. The normalized spacial score (nSPS) is 10.9. The van der Waals surface area contributed by atoms with Crippen molar-refractivity contribution in [3.63, 3.8) is 0 Å². The van der Waals surface area contributed by atoms with Gasteiger partial charge in [0.25, 0.3) is 0 Å². The Morgan fingerprint density at radius 3 is 1.98 bits per heavy atom. The molecular formula is C36H34ClNO2. The summed E-state index contributed by atoms with van der Waals surface area (Å²) in [4.78, 5) is 14.0. The van der Waals surface area contributed by atoms with Crippen molar-refractivity contribution >= 4 is 17.6 Å². The van der Waals surface area contributed by atoms with Gasteiger partial charge >= 0.3 is 5.97 Å². The van der Waals surface area contributed by atoms with Crippen molar-refractivity contribution in [3.8, 4) is 11.1 Å².